The molecule has 0 heterocycles. The van der Waals surface area contributed by atoms with E-state index in [2.05, 4.69) is 24.3 Å². The first-order chi connectivity index (χ1) is 13.5. The van der Waals surface area contributed by atoms with E-state index in [1.807, 2.05) is 38.1 Å². The molecule has 0 N–H and O–H groups in total. The SMILES string of the molecule is COc1cc(/C=C/C(=O)OC2=C3C=C4C=CCC4(C=C2)C3)ccc1OC(C)C. The standard InChI is InChI=1S/C24H24O4/c1-16(2)27-21-8-6-17(13-22(21)26-3)7-9-23(25)28-20-10-12-24-11-4-5-19(24)14-18(20)15-24/h4-10,12-14,16H,11,15H2,1-3H3/b9-7+. The highest BCUT2D eigenvalue weighted by Gasteiger charge is 2.41. The molecule has 2 bridgehead atoms. The molecular weight excluding hydrogens is 352 g/mol. The van der Waals surface area contributed by atoms with E-state index in [-0.39, 0.29) is 11.5 Å². The molecule has 0 saturated heterocycles. The second-order valence-corrected chi connectivity index (χ2v) is 7.59. The van der Waals surface area contributed by atoms with Crippen LogP contribution in [-0.2, 0) is 9.53 Å². The number of fused-ring (bicyclic) bond motifs is 1. The van der Waals surface area contributed by atoms with Gasteiger partial charge in [-0.25, -0.2) is 4.79 Å². The van der Waals surface area contributed by atoms with Crippen molar-refractivity contribution in [3.05, 3.63) is 77.1 Å². The Morgan fingerprint density at radius 2 is 2.07 bits per heavy atom. The van der Waals surface area contributed by atoms with Gasteiger partial charge < -0.3 is 14.2 Å². The van der Waals surface area contributed by atoms with Crippen molar-refractivity contribution in [2.45, 2.75) is 32.8 Å². The largest absolute Gasteiger partial charge is 0.493 e. The zero-order chi connectivity index (χ0) is 19.7. The number of allylic oxidation sites excluding steroid dienone is 7. The Morgan fingerprint density at radius 3 is 2.86 bits per heavy atom. The maximum Gasteiger partial charge on any atom is 0.336 e. The molecule has 144 valence electrons. The summed E-state index contributed by atoms with van der Waals surface area (Å²) in [4.78, 5) is 12.3. The van der Waals surface area contributed by atoms with Crippen molar-refractivity contribution in [1.29, 1.82) is 0 Å². The molecule has 4 nitrogen and oxygen atoms in total. The summed E-state index contributed by atoms with van der Waals surface area (Å²) in [6.07, 6.45) is 15.8. The predicted molar refractivity (Wildman–Crippen MR) is 109 cm³/mol. The van der Waals surface area contributed by atoms with E-state index >= 15 is 0 Å². The van der Waals surface area contributed by atoms with Gasteiger partial charge in [0.25, 0.3) is 0 Å². The number of hydrogen-bond donors (Lipinski definition) is 0. The molecule has 1 aromatic carbocycles. The van der Waals surface area contributed by atoms with E-state index in [1.54, 1.807) is 13.2 Å². The molecule has 4 rings (SSSR count). The predicted octanol–water partition coefficient (Wildman–Crippen LogP) is 5.14. The Balaban J connectivity index is 1.45. The van der Waals surface area contributed by atoms with Crippen LogP contribution in [0, 0.1) is 5.41 Å². The molecule has 0 fully saturated rings. The Kier molecular flexibility index (Phi) is 4.71. The summed E-state index contributed by atoms with van der Waals surface area (Å²) in [5.41, 5.74) is 3.36. The van der Waals surface area contributed by atoms with Crippen LogP contribution in [0.15, 0.2) is 71.6 Å². The van der Waals surface area contributed by atoms with E-state index in [0.717, 1.165) is 24.0 Å². The second-order valence-electron chi connectivity index (χ2n) is 7.59. The molecule has 0 amide bonds. The molecule has 4 heteroatoms. The van der Waals surface area contributed by atoms with Crippen molar-refractivity contribution in [3.8, 4) is 11.5 Å². The molecule has 1 atom stereocenters. The average Bonchev–Trinajstić information content (AvgIpc) is 3.17. The van der Waals surface area contributed by atoms with Crippen LogP contribution in [0.2, 0.25) is 0 Å². The maximum atomic E-state index is 12.3. The fourth-order valence-electron chi connectivity index (χ4n) is 3.89. The third kappa shape index (κ3) is 3.42. The van der Waals surface area contributed by atoms with Crippen LogP contribution < -0.4 is 9.47 Å². The molecule has 0 aromatic heterocycles. The van der Waals surface area contributed by atoms with Crippen molar-refractivity contribution in [2.24, 2.45) is 5.41 Å². The zero-order valence-corrected chi connectivity index (χ0v) is 16.4. The van der Waals surface area contributed by atoms with E-state index < -0.39 is 5.97 Å². The van der Waals surface area contributed by atoms with Crippen molar-refractivity contribution < 1.29 is 19.0 Å². The molecule has 28 heavy (non-hydrogen) atoms. The van der Waals surface area contributed by atoms with Gasteiger partial charge in [0.05, 0.1) is 13.2 Å². The smallest absolute Gasteiger partial charge is 0.336 e. The van der Waals surface area contributed by atoms with Crippen LogP contribution in [0.4, 0.5) is 0 Å². The van der Waals surface area contributed by atoms with Crippen molar-refractivity contribution in [2.75, 3.05) is 7.11 Å². The molecule has 0 radical (unpaired) electrons. The quantitative estimate of drug-likeness (QED) is 0.509. The number of methoxy groups -OCH3 is 1. The first-order valence-corrected chi connectivity index (χ1v) is 9.55. The average molecular weight is 376 g/mol. The van der Waals surface area contributed by atoms with Gasteiger partial charge in [-0.2, -0.15) is 0 Å². The zero-order valence-electron chi connectivity index (χ0n) is 16.4. The van der Waals surface area contributed by atoms with Gasteiger partial charge in [0, 0.05) is 11.5 Å². The summed E-state index contributed by atoms with van der Waals surface area (Å²) in [5.74, 6) is 1.57. The highest BCUT2D eigenvalue weighted by atomic mass is 16.5. The van der Waals surface area contributed by atoms with Crippen LogP contribution >= 0.6 is 0 Å². The summed E-state index contributed by atoms with van der Waals surface area (Å²) in [5, 5.41) is 0. The number of hydrogen-bond acceptors (Lipinski definition) is 4. The van der Waals surface area contributed by atoms with Crippen LogP contribution in [-0.4, -0.2) is 19.2 Å². The van der Waals surface area contributed by atoms with Gasteiger partial charge in [-0.1, -0.05) is 30.4 Å². The van der Waals surface area contributed by atoms with Crippen molar-refractivity contribution in [3.63, 3.8) is 0 Å². The number of esters is 1. The maximum absolute atomic E-state index is 12.3. The minimum atomic E-state index is -0.393. The Hall–Kier alpha value is -3.01. The molecule has 3 aliphatic rings. The lowest BCUT2D eigenvalue weighted by molar-refractivity contribution is -0.133. The van der Waals surface area contributed by atoms with Crippen LogP contribution in [0.3, 0.4) is 0 Å². The molecule has 1 aromatic rings. The van der Waals surface area contributed by atoms with Gasteiger partial charge in [0.15, 0.2) is 11.5 Å². The minimum Gasteiger partial charge on any atom is -0.493 e. The molecule has 3 aliphatic carbocycles. The summed E-state index contributed by atoms with van der Waals surface area (Å²) >= 11 is 0. The van der Waals surface area contributed by atoms with Crippen LogP contribution in [0.25, 0.3) is 6.08 Å². The third-order valence-electron chi connectivity index (χ3n) is 5.23. The number of carbonyl (C=O) groups excluding carboxylic acids is 1. The fourth-order valence-corrected chi connectivity index (χ4v) is 3.89. The number of benzene rings is 1. The van der Waals surface area contributed by atoms with E-state index in [9.17, 15) is 4.79 Å². The highest BCUT2D eigenvalue weighted by Crippen LogP contribution is 2.53. The number of rotatable bonds is 6. The van der Waals surface area contributed by atoms with Gasteiger partial charge in [-0.05, 0) is 67.7 Å². The fraction of sp³-hybridized carbons (Fsp3) is 0.292. The Bertz CT molecular complexity index is 959. The lowest BCUT2D eigenvalue weighted by Crippen LogP contribution is -2.15. The number of carbonyl (C=O) groups is 1. The van der Waals surface area contributed by atoms with Gasteiger partial charge in [-0.3, -0.25) is 0 Å². The lowest BCUT2D eigenvalue weighted by atomic mass is 9.79. The normalized spacial score (nSPS) is 22.1. The van der Waals surface area contributed by atoms with E-state index in [4.69, 9.17) is 14.2 Å². The minimum absolute atomic E-state index is 0.0584. The van der Waals surface area contributed by atoms with Crippen molar-refractivity contribution in [1.82, 2.24) is 0 Å². The Morgan fingerprint density at radius 1 is 1.21 bits per heavy atom. The third-order valence-corrected chi connectivity index (χ3v) is 5.23. The second kappa shape index (κ2) is 7.19. The molecular formula is C24H24O4. The molecule has 0 aliphatic heterocycles. The summed E-state index contributed by atoms with van der Waals surface area (Å²) in [7, 11) is 1.60. The van der Waals surface area contributed by atoms with Gasteiger partial charge >= 0.3 is 5.97 Å². The van der Waals surface area contributed by atoms with Crippen LogP contribution in [0.1, 0.15) is 32.3 Å². The van der Waals surface area contributed by atoms with Gasteiger partial charge in [0.1, 0.15) is 5.76 Å². The summed E-state index contributed by atoms with van der Waals surface area (Å²) in [6.45, 7) is 3.93. The summed E-state index contributed by atoms with van der Waals surface area (Å²) < 4.78 is 16.7. The highest BCUT2D eigenvalue weighted by molar-refractivity contribution is 5.88. The summed E-state index contributed by atoms with van der Waals surface area (Å²) in [6, 6.07) is 5.56. The molecule has 1 unspecified atom stereocenters. The van der Waals surface area contributed by atoms with Crippen molar-refractivity contribution >= 4 is 12.0 Å². The first-order valence-electron chi connectivity index (χ1n) is 9.55. The van der Waals surface area contributed by atoms with Gasteiger partial charge in [-0.15, -0.1) is 0 Å². The van der Waals surface area contributed by atoms with Crippen LogP contribution in [0.5, 0.6) is 11.5 Å². The topological polar surface area (TPSA) is 44.8 Å². The van der Waals surface area contributed by atoms with Gasteiger partial charge in [0.2, 0.25) is 0 Å². The van der Waals surface area contributed by atoms with E-state index in [1.165, 1.54) is 11.6 Å². The lowest BCUT2D eigenvalue weighted by Gasteiger charge is -2.25. The first kappa shape index (κ1) is 18.4. The van der Waals surface area contributed by atoms with E-state index in [0.29, 0.717) is 17.3 Å². The monoisotopic (exact) mass is 376 g/mol. The Labute approximate surface area is 165 Å². The number of ether oxygens (including phenoxy) is 3. The molecule has 0 saturated carbocycles. The molecule has 1 spiro atoms.